The summed E-state index contributed by atoms with van der Waals surface area (Å²) in [5, 5.41) is 21.6. The summed E-state index contributed by atoms with van der Waals surface area (Å²) >= 11 is 22.7. The lowest BCUT2D eigenvalue weighted by Crippen LogP contribution is -2.17. The first-order valence-electron chi connectivity index (χ1n) is 16.5. The van der Waals surface area contributed by atoms with Gasteiger partial charge in [0.25, 0.3) is 5.91 Å². The van der Waals surface area contributed by atoms with Crippen molar-refractivity contribution in [3.8, 4) is 28.7 Å². The highest BCUT2D eigenvalue weighted by molar-refractivity contribution is 7.80. The highest BCUT2D eigenvalue weighted by Gasteiger charge is 2.23. The van der Waals surface area contributed by atoms with Gasteiger partial charge in [0.05, 0.1) is 31.8 Å². The summed E-state index contributed by atoms with van der Waals surface area (Å²) in [5.74, 6) is 0.202. The van der Waals surface area contributed by atoms with Crippen molar-refractivity contribution in [2.45, 2.75) is 18.1 Å². The van der Waals surface area contributed by atoms with Crippen molar-refractivity contribution in [2.24, 2.45) is 0 Å². The Morgan fingerprint density at radius 1 is 0.561 bits per heavy atom. The predicted octanol–water partition coefficient (Wildman–Crippen LogP) is 11.5. The molecule has 4 N–H and O–H groups in total. The van der Waals surface area contributed by atoms with Crippen LogP contribution >= 0.6 is 46.4 Å². The van der Waals surface area contributed by atoms with E-state index < -0.39 is 28.5 Å². The van der Waals surface area contributed by atoms with Crippen LogP contribution in [-0.2, 0) is 34.0 Å². The maximum Gasteiger partial charge on any atom is 0.338 e. The van der Waals surface area contributed by atoms with Crippen LogP contribution in [0.1, 0.15) is 31.8 Å². The second-order valence-corrected chi connectivity index (χ2v) is 14.4. The third-order valence-electron chi connectivity index (χ3n) is 7.93. The van der Waals surface area contributed by atoms with E-state index in [-0.39, 0.29) is 28.8 Å². The number of rotatable bonds is 16. The van der Waals surface area contributed by atoms with Crippen molar-refractivity contribution in [1.82, 2.24) is 0 Å². The van der Waals surface area contributed by atoms with E-state index in [4.69, 9.17) is 70.2 Å². The van der Waals surface area contributed by atoms with E-state index >= 15 is 0 Å². The van der Waals surface area contributed by atoms with Gasteiger partial charge in [-0.25, -0.2) is 13.9 Å². The minimum absolute atomic E-state index is 0.0565. The Morgan fingerprint density at radius 3 is 1.53 bits per heavy atom. The lowest BCUT2D eigenvalue weighted by atomic mass is 10.1. The van der Waals surface area contributed by atoms with Gasteiger partial charge in [-0.05, 0) is 121 Å². The molecule has 0 aliphatic rings. The fourth-order valence-electron chi connectivity index (χ4n) is 5.17. The zero-order valence-electron chi connectivity index (χ0n) is 29.0. The average Bonchev–Trinajstić information content (AvgIpc) is 3.20. The van der Waals surface area contributed by atoms with E-state index in [1.165, 1.54) is 12.1 Å². The summed E-state index contributed by atoms with van der Waals surface area (Å²) < 4.78 is 30.4. The molecule has 17 heteroatoms. The molecule has 0 aromatic heterocycles. The number of carbonyl (C=O) groups excluding carboxylic acids is 1. The largest absolute Gasteiger partial charge is 0.478 e. The summed E-state index contributed by atoms with van der Waals surface area (Å²) in [7, 11) is 0. The fourth-order valence-corrected chi connectivity index (χ4v) is 6.85. The summed E-state index contributed by atoms with van der Waals surface area (Å²) in [6, 6.07) is 32.3. The van der Waals surface area contributed by atoms with Gasteiger partial charge in [-0.3, -0.25) is 20.4 Å². The lowest BCUT2D eigenvalue weighted by molar-refractivity contribution is -0.253. The Hall–Kier alpha value is -5.35. The quantitative estimate of drug-likeness (QED) is 0.0541. The van der Waals surface area contributed by atoms with Gasteiger partial charge < -0.3 is 24.1 Å². The molecule has 1 amide bonds. The summed E-state index contributed by atoms with van der Waals surface area (Å²) in [6.45, 7) is -0.0847. The summed E-state index contributed by atoms with van der Waals surface area (Å²) in [5.41, 5.74) is 4.26. The first-order valence-corrected chi connectivity index (χ1v) is 19.1. The van der Waals surface area contributed by atoms with Crippen LogP contribution in [0.4, 0.5) is 11.4 Å². The van der Waals surface area contributed by atoms with E-state index in [1.54, 1.807) is 109 Å². The zero-order chi connectivity index (χ0) is 40.5. The SMILES string of the molecule is O=C(O)c1c(Cl)ccc(Cl)c1C(=O)Nc1ccc(Oc2ccc(S(=O)Oc3ccc(Oc4ccc(NOCc5c(Cl)ccc(Cl)c5COO)cc4)cc3)cc2)cc1. The highest BCUT2D eigenvalue weighted by Crippen LogP contribution is 2.32. The molecule has 57 heavy (non-hydrogen) atoms. The number of amides is 1. The van der Waals surface area contributed by atoms with Crippen molar-refractivity contribution in [1.29, 1.82) is 0 Å². The Labute approximate surface area is 347 Å². The van der Waals surface area contributed by atoms with Crippen LogP contribution in [0.5, 0.6) is 28.7 Å². The number of nitrogens with one attached hydrogen (secondary N) is 2. The molecule has 0 saturated carbocycles. The number of benzene rings is 6. The zero-order valence-corrected chi connectivity index (χ0v) is 32.9. The van der Waals surface area contributed by atoms with E-state index in [9.17, 15) is 18.9 Å². The number of hydrogen-bond donors (Lipinski definition) is 4. The summed E-state index contributed by atoms with van der Waals surface area (Å²) in [6.07, 6.45) is 0. The van der Waals surface area contributed by atoms with Crippen molar-refractivity contribution >= 4 is 80.7 Å². The molecule has 0 saturated heterocycles. The van der Waals surface area contributed by atoms with Crippen LogP contribution < -0.4 is 24.5 Å². The molecule has 12 nitrogen and oxygen atoms in total. The smallest absolute Gasteiger partial charge is 0.338 e. The molecule has 6 aromatic carbocycles. The Bertz CT molecular complexity index is 2400. The maximum absolute atomic E-state index is 12.9. The van der Waals surface area contributed by atoms with E-state index in [1.807, 2.05) is 0 Å². The first-order chi connectivity index (χ1) is 27.5. The third-order valence-corrected chi connectivity index (χ3v) is 10.3. The van der Waals surface area contributed by atoms with Crippen LogP contribution in [0.3, 0.4) is 0 Å². The topological polar surface area (TPSA) is 162 Å². The van der Waals surface area contributed by atoms with Gasteiger partial charge in [0.2, 0.25) is 11.1 Å². The molecule has 0 radical (unpaired) electrons. The minimum atomic E-state index is -1.83. The van der Waals surface area contributed by atoms with Crippen LogP contribution in [0.25, 0.3) is 0 Å². The van der Waals surface area contributed by atoms with Gasteiger partial charge >= 0.3 is 5.97 Å². The number of carboxylic acid groups (broad SMARTS) is 1. The number of aromatic carboxylic acids is 1. The molecule has 0 fully saturated rings. The monoisotopic (exact) mass is 868 g/mol. The Morgan fingerprint density at radius 2 is 1.00 bits per heavy atom. The standard InChI is InChI=1S/C40H28Cl4N2O10S/c41-33-17-18-34(42)32(22-53-50)31(33)21-52-46-24-3-7-26(8-4-24)54-27-9-11-29(12-10-27)56-57(51)30-15-13-28(14-16-30)55-25-5-1-23(2-6-25)45-39(47)37-35(43)19-20-36(44)38(37)40(48)49/h1-20,46,50H,21-22H2,(H,45,47)(H,48,49). The van der Waals surface area contributed by atoms with Crippen molar-refractivity contribution in [3.05, 3.63) is 164 Å². The molecule has 0 bridgehead atoms. The summed E-state index contributed by atoms with van der Waals surface area (Å²) in [4.78, 5) is 34.8. The molecule has 1 atom stereocenters. The predicted molar refractivity (Wildman–Crippen MR) is 217 cm³/mol. The van der Waals surface area contributed by atoms with Gasteiger partial charge in [-0.2, -0.15) is 0 Å². The molecule has 0 aliphatic carbocycles. The van der Waals surface area contributed by atoms with Crippen LogP contribution in [-0.4, -0.2) is 26.4 Å². The Kier molecular flexibility index (Phi) is 13.9. The molecule has 0 heterocycles. The van der Waals surface area contributed by atoms with Gasteiger partial charge in [0, 0.05) is 26.9 Å². The van der Waals surface area contributed by atoms with Crippen molar-refractivity contribution in [2.75, 3.05) is 10.8 Å². The number of halogens is 4. The first kappa shape index (κ1) is 41.3. The lowest BCUT2D eigenvalue weighted by Gasteiger charge is -2.14. The van der Waals surface area contributed by atoms with E-state index in [0.29, 0.717) is 66.2 Å². The van der Waals surface area contributed by atoms with Crippen LogP contribution in [0.2, 0.25) is 20.1 Å². The molecule has 0 aliphatic heterocycles. The Balaban J connectivity index is 0.966. The van der Waals surface area contributed by atoms with Gasteiger partial charge in [0.15, 0.2) is 0 Å². The molecular weight excluding hydrogens is 842 g/mol. The fraction of sp³-hybridized carbons (Fsp3) is 0.0500. The molecule has 6 rings (SSSR count). The van der Waals surface area contributed by atoms with Gasteiger partial charge in [-0.15, -0.1) is 0 Å². The molecule has 292 valence electrons. The van der Waals surface area contributed by atoms with Crippen molar-refractivity contribution < 1.29 is 47.5 Å². The average molecular weight is 871 g/mol. The number of ether oxygens (including phenoxy) is 2. The van der Waals surface area contributed by atoms with E-state index in [0.717, 1.165) is 0 Å². The number of hydrogen-bond acceptors (Lipinski definition) is 10. The number of carboxylic acids is 1. The minimum Gasteiger partial charge on any atom is -0.478 e. The van der Waals surface area contributed by atoms with Crippen LogP contribution in [0.15, 0.2) is 126 Å². The highest BCUT2D eigenvalue weighted by atomic mass is 35.5. The molecule has 1 unspecified atom stereocenters. The van der Waals surface area contributed by atoms with Gasteiger partial charge in [-0.1, -0.05) is 46.4 Å². The molecule has 6 aromatic rings. The maximum atomic E-state index is 12.9. The molecular formula is C40H28Cl4N2O10S. The third kappa shape index (κ3) is 10.7. The van der Waals surface area contributed by atoms with Crippen LogP contribution in [0, 0.1) is 0 Å². The van der Waals surface area contributed by atoms with E-state index in [2.05, 4.69) is 15.7 Å². The second-order valence-electron chi connectivity index (χ2n) is 11.7. The van der Waals surface area contributed by atoms with Crippen molar-refractivity contribution in [3.63, 3.8) is 0 Å². The number of carbonyl (C=O) groups is 2. The normalized spacial score (nSPS) is 11.4. The number of anilines is 2. The molecule has 0 spiro atoms. The van der Waals surface area contributed by atoms with Gasteiger partial charge in [0.1, 0.15) is 42.0 Å². The second kappa shape index (κ2) is 19.2.